The van der Waals surface area contributed by atoms with E-state index < -0.39 is 0 Å². The Kier molecular flexibility index (Phi) is 5.99. The summed E-state index contributed by atoms with van der Waals surface area (Å²) in [5.74, 6) is 1.05. The Morgan fingerprint density at radius 2 is 2.19 bits per heavy atom. The fourth-order valence-corrected chi connectivity index (χ4v) is 2.91. The van der Waals surface area contributed by atoms with Crippen LogP contribution in [0.2, 0.25) is 0 Å². The molecule has 5 heteroatoms. The van der Waals surface area contributed by atoms with E-state index in [-0.39, 0.29) is 12.0 Å². The highest BCUT2D eigenvalue weighted by Crippen LogP contribution is 2.27. The fraction of sp³-hybridized carbons (Fsp3) is 0.625. The van der Waals surface area contributed by atoms with Gasteiger partial charge in [0.05, 0.1) is 12.2 Å². The Bertz CT molecular complexity index is 441. The fourth-order valence-electron chi connectivity index (χ4n) is 2.91. The third kappa shape index (κ3) is 4.43. The summed E-state index contributed by atoms with van der Waals surface area (Å²) < 4.78 is 4.95. The second-order valence-electron chi connectivity index (χ2n) is 5.54. The summed E-state index contributed by atoms with van der Waals surface area (Å²) in [5.41, 5.74) is 6.38. The molecule has 1 unspecified atom stereocenters. The van der Waals surface area contributed by atoms with Gasteiger partial charge in [0.15, 0.2) is 0 Å². The molecule has 1 aliphatic carbocycles. The summed E-state index contributed by atoms with van der Waals surface area (Å²) in [6.07, 6.45) is 7.93. The van der Waals surface area contributed by atoms with E-state index in [0.29, 0.717) is 24.6 Å². The van der Waals surface area contributed by atoms with Crippen molar-refractivity contribution in [3.05, 3.63) is 23.9 Å². The van der Waals surface area contributed by atoms with E-state index in [1.54, 1.807) is 19.2 Å². The van der Waals surface area contributed by atoms with E-state index in [4.69, 9.17) is 10.5 Å². The molecule has 1 aliphatic rings. The van der Waals surface area contributed by atoms with Gasteiger partial charge in [-0.05, 0) is 37.8 Å². The van der Waals surface area contributed by atoms with Crippen molar-refractivity contribution in [3.8, 4) is 0 Å². The van der Waals surface area contributed by atoms with E-state index >= 15 is 0 Å². The summed E-state index contributed by atoms with van der Waals surface area (Å²) >= 11 is 0. The molecular formula is C16H25N3O2. The molecule has 1 aromatic rings. The SMILES string of the molecule is CCOC(=O)c1ccc(NC(CN)C2CCCCC2)nc1. The van der Waals surface area contributed by atoms with Gasteiger partial charge in [0, 0.05) is 18.8 Å². The molecule has 3 N–H and O–H groups in total. The molecule has 1 fully saturated rings. The average molecular weight is 291 g/mol. The number of hydrogen-bond acceptors (Lipinski definition) is 5. The average Bonchev–Trinajstić information content (AvgIpc) is 2.54. The minimum absolute atomic E-state index is 0.256. The number of aromatic nitrogens is 1. The third-order valence-electron chi connectivity index (χ3n) is 4.08. The van der Waals surface area contributed by atoms with Crippen molar-refractivity contribution in [3.63, 3.8) is 0 Å². The Balaban J connectivity index is 1.96. The number of nitrogens with zero attached hydrogens (tertiary/aromatic N) is 1. The minimum Gasteiger partial charge on any atom is -0.462 e. The molecule has 0 bridgehead atoms. The normalized spacial score (nSPS) is 17.2. The van der Waals surface area contributed by atoms with Crippen LogP contribution in [0, 0.1) is 5.92 Å². The highest BCUT2D eigenvalue weighted by atomic mass is 16.5. The summed E-state index contributed by atoms with van der Waals surface area (Å²) in [4.78, 5) is 15.9. The first kappa shape index (κ1) is 15.8. The van der Waals surface area contributed by atoms with E-state index in [1.807, 2.05) is 6.07 Å². The van der Waals surface area contributed by atoms with Gasteiger partial charge in [-0.3, -0.25) is 0 Å². The van der Waals surface area contributed by atoms with Crippen LogP contribution in [-0.4, -0.2) is 30.1 Å². The molecule has 1 heterocycles. The molecule has 0 aliphatic heterocycles. The number of hydrogen-bond donors (Lipinski definition) is 2. The van der Waals surface area contributed by atoms with Crippen molar-refractivity contribution in [1.29, 1.82) is 0 Å². The zero-order valence-corrected chi connectivity index (χ0v) is 12.7. The molecule has 0 saturated heterocycles. The quantitative estimate of drug-likeness (QED) is 0.788. The summed E-state index contributed by atoms with van der Waals surface area (Å²) in [6, 6.07) is 3.81. The Hall–Kier alpha value is -1.62. The smallest absolute Gasteiger partial charge is 0.339 e. The van der Waals surface area contributed by atoms with Crippen LogP contribution in [-0.2, 0) is 4.74 Å². The molecule has 5 nitrogen and oxygen atoms in total. The number of carbonyl (C=O) groups is 1. The standard InChI is InChI=1S/C16H25N3O2/c1-2-21-16(20)13-8-9-15(18-11-13)19-14(10-17)12-6-4-3-5-7-12/h8-9,11-12,14H,2-7,10,17H2,1H3,(H,18,19). The molecule has 0 spiro atoms. The van der Waals surface area contributed by atoms with E-state index in [9.17, 15) is 4.79 Å². The van der Waals surface area contributed by atoms with E-state index in [1.165, 1.54) is 32.1 Å². The van der Waals surface area contributed by atoms with Crippen molar-refractivity contribution >= 4 is 11.8 Å². The predicted octanol–water partition coefficient (Wildman–Crippen LogP) is 2.58. The van der Waals surface area contributed by atoms with Gasteiger partial charge in [-0.25, -0.2) is 9.78 Å². The van der Waals surface area contributed by atoms with Crippen LogP contribution in [0.1, 0.15) is 49.4 Å². The topological polar surface area (TPSA) is 77.2 Å². The first-order valence-electron chi connectivity index (χ1n) is 7.84. The lowest BCUT2D eigenvalue weighted by atomic mass is 9.84. The maximum atomic E-state index is 11.6. The molecule has 21 heavy (non-hydrogen) atoms. The van der Waals surface area contributed by atoms with Gasteiger partial charge in [-0.2, -0.15) is 0 Å². The van der Waals surface area contributed by atoms with Crippen LogP contribution in [0.5, 0.6) is 0 Å². The largest absolute Gasteiger partial charge is 0.462 e. The molecule has 0 radical (unpaired) electrons. The van der Waals surface area contributed by atoms with Crippen LogP contribution in [0.4, 0.5) is 5.82 Å². The third-order valence-corrected chi connectivity index (χ3v) is 4.08. The molecule has 2 rings (SSSR count). The number of ether oxygens (including phenoxy) is 1. The van der Waals surface area contributed by atoms with Crippen LogP contribution >= 0.6 is 0 Å². The van der Waals surface area contributed by atoms with Gasteiger partial charge < -0.3 is 15.8 Å². The highest BCUT2D eigenvalue weighted by Gasteiger charge is 2.22. The zero-order chi connectivity index (χ0) is 15.1. The van der Waals surface area contributed by atoms with Crippen LogP contribution < -0.4 is 11.1 Å². The Morgan fingerprint density at radius 1 is 1.43 bits per heavy atom. The molecule has 1 aromatic heterocycles. The van der Waals surface area contributed by atoms with E-state index in [0.717, 1.165) is 5.82 Å². The number of nitrogens with one attached hydrogen (secondary N) is 1. The first-order valence-corrected chi connectivity index (χ1v) is 7.84. The maximum absolute atomic E-state index is 11.6. The maximum Gasteiger partial charge on any atom is 0.339 e. The van der Waals surface area contributed by atoms with Gasteiger partial charge in [-0.1, -0.05) is 19.3 Å². The lowest BCUT2D eigenvalue weighted by Gasteiger charge is -2.30. The van der Waals surface area contributed by atoms with Gasteiger partial charge in [0.25, 0.3) is 0 Å². The van der Waals surface area contributed by atoms with Crippen LogP contribution in [0.25, 0.3) is 0 Å². The molecule has 0 aromatic carbocycles. The lowest BCUT2D eigenvalue weighted by molar-refractivity contribution is 0.0526. The lowest BCUT2D eigenvalue weighted by Crippen LogP contribution is -2.37. The number of esters is 1. The second-order valence-corrected chi connectivity index (χ2v) is 5.54. The number of rotatable bonds is 6. The van der Waals surface area contributed by atoms with Gasteiger partial charge in [0.2, 0.25) is 0 Å². The molecule has 1 saturated carbocycles. The van der Waals surface area contributed by atoms with Crippen molar-refractivity contribution < 1.29 is 9.53 Å². The predicted molar refractivity (Wildman–Crippen MR) is 83.2 cm³/mol. The van der Waals surface area contributed by atoms with Crippen LogP contribution in [0.3, 0.4) is 0 Å². The summed E-state index contributed by atoms with van der Waals surface area (Å²) in [6.45, 7) is 2.76. The molecule has 116 valence electrons. The van der Waals surface area contributed by atoms with Gasteiger partial charge in [0.1, 0.15) is 5.82 Å². The van der Waals surface area contributed by atoms with Crippen molar-refractivity contribution in [2.45, 2.75) is 45.1 Å². The van der Waals surface area contributed by atoms with Crippen molar-refractivity contribution in [2.24, 2.45) is 11.7 Å². The number of anilines is 1. The Morgan fingerprint density at radius 3 is 2.76 bits per heavy atom. The van der Waals surface area contributed by atoms with Crippen LogP contribution in [0.15, 0.2) is 18.3 Å². The second kappa shape index (κ2) is 7.98. The zero-order valence-electron chi connectivity index (χ0n) is 12.7. The monoisotopic (exact) mass is 291 g/mol. The first-order chi connectivity index (χ1) is 10.2. The van der Waals surface area contributed by atoms with Gasteiger partial charge >= 0.3 is 5.97 Å². The number of carbonyl (C=O) groups excluding carboxylic acids is 1. The summed E-state index contributed by atoms with van der Waals surface area (Å²) in [5, 5.41) is 3.41. The molecule has 0 amide bonds. The number of nitrogens with two attached hydrogens (primary N) is 1. The summed E-state index contributed by atoms with van der Waals surface area (Å²) in [7, 11) is 0. The van der Waals surface area contributed by atoms with E-state index in [2.05, 4.69) is 10.3 Å². The molecular weight excluding hydrogens is 266 g/mol. The highest BCUT2D eigenvalue weighted by molar-refractivity contribution is 5.89. The minimum atomic E-state index is -0.334. The molecule has 1 atom stereocenters. The Labute approximate surface area is 126 Å². The van der Waals surface area contributed by atoms with Crippen molar-refractivity contribution in [2.75, 3.05) is 18.5 Å². The van der Waals surface area contributed by atoms with Crippen molar-refractivity contribution in [1.82, 2.24) is 4.98 Å². The van der Waals surface area contributed by atoms with Gasteiger partial charge in [-0.15, -0.1) is 0 Å². The number of pyridine rings is 1.